The van der Waals surface area contributed by atoms with Gasteiger partial charge in [-0.2, -0.15) is 0 Å². The molecular formula is C19H16N2O3. The minimum atomic E-state index is 0.635. The molecule has 24 heavy (non-hydrogen) atoms. The van der Waals surface area contributed by atoms with Crippen molar-refractivity contribution in [2.45, 2.75) is 0 Å². The quantitative estimate of drug-likeness (QED) is 0.521. The summed E-state index contributed by atoms with van der Waals surface area (Å²) in [7, 11) is 0. The lowest BCUT2D eigenvalue weighted by atomic mass is 10.3. The Bertz CT molecular complexity index is 798. The van der Waals surface area contributed by atoms with Crippen LogP contribution in [0.1, 0.15) is 0 Å². The van der Waals surface area contributed by atoms with E-state index in [9.17, 15) is 4.79 Å². The van der Waals surface area contributed by atoms with E-state index in [0.717, 1.165) is 5.75 Å². The fourth-order valence-electron chi connectivity index (χ4n) is 2.07. The van der Waals surface area contributed by atoms with E-state index in [1.54, 1.807) is 36.4 Å². The zero-order valence-electron chi connectivity index (χ0n) is 12.8. The predicted octanol–water partition coefficient (Wildman–Crippen LogP) is 4.42. The standard InChI is InChI=1S/C19H16N2O3/c20-14-1-5-16(6-2-14)23-18-9-11-19(12-10-18)24-17-7-3-15(4-8-17)21-13-22/h1-13H,20H2,(H,21,22). The predicted molar refractivity (Wildman–Crippen MR) is 93.6 cm³/mol. The number of anilines is 2. The summed E-state index contributed by atoms with van der Waals surface area (Å²) in [5.74, 6) is 2.79. The number of hydrogen-bond donors (Lipinski definition) is 2. The highest BCUT2D eigenvalue weighted by molar-refractivity contribution is 5.71. The molecule has 0 saturated heterocycles. The number of benzene rings is 3. The van der Waals surface area contributed by atoms with Gasteiger partial charge in [-0.05, 0) is 72.8 Å². The van der Waals surface area contributed by atoms with Crippen LogP contribution in [0.4, 0.5) is 11.4 Å². The van der Waals surface area contributed by atoms with E-state index >= 15 is 0 Å². The van der Waals surface area contributed by atoms with Crippen LogP contribution in [0.15, 0.2) is 72.8 Å². The summed E-state index contributed by atoms with van der Waals surface area (Å²) >= 11 is 0. The molecule has 3 rings (SSSR count). The minimum absolute atomic E-state index is 0.635. The highest BCUT2D eigenvalue weighted by atomic mass is 16.5. The molecule has 120 valence electrons. The topological polar surface area (TPSA) is 73.6 Å². The Morgan fingerprint density at radius 3 is 1.46 bits per heavy atom. The number of carbonyl (C=O) groups excluding carboxylic acids is 1. The van der Waals surface area contributed by atoms with Crippen LogP contribution < -0.4 is 20.5 Å². The molecule has 0 fully saturated rings. The number of hydrogen-bond acceptors (Lipinski definition) is 4. The van der Waals surface area contributed by atoms with Crippen molar-refractivity contribution in [2.75, 3.05) is 11.1 Å². The van der Waals surface area contributed by atoms with E-state index < -0.39 is 0 Å². The number of nitrogen functional groups attached to an aromatic ring is 1. The van der Waals surface area contributed by atoms with Crippen LogP contribution in [0, 0.1) is 0 Å². The van der Waals surface area contributed by atoms with Gasteiger partial charge in [0.1, 0.15) is 23.0 Å². The van der Waals surface area contributed by atoms with Crippen molar-refractivity contribution in [1.29, 1.82) is 0 Å². The molecule has 0 spiro atoms. The molecule has 0 atom stereocenters. The van der Waals surface area contributed by atoms with Gasteiger partial charge in [0.05, 0.1) is 0 Å². The van der Waals surface area contributed by atoms with Crippen molar-refractivity contribution in [3.63, 3.8) is 0 Å². The second-order valence-corrected chi connectivity index (χ2v) is 5.03. The first-order chi connectivity index (χ1) is 11.7. The van der Waals surface area contributed by atoms with Crippen LogP contribution >= 0.6 is 0 Å². The second-order valence-electron chi connectivity index (χ2n) is 5.03. The number of amides is 1. The number of carbonyl (C=O) groups is 1. The molecule has 3 N–H and O–H groups in total. The summed E-state index contributed by atoms with van der Waals surface area (Å²) in [6.07, 6.45) is 0.635. The maximum atomic E-state index is 10.4. The van der Waals surface area contributed by atoms with Gasteiger partial charge in [-0.1, -0.05) is 0 Å². The van der Waals surface area contributed by atoms with Gasteiger partial charge in [0.25, 0.3) is 0 Å². The van der Waals surface area contributed by atoms with Gasteiger partial charge in [-0.15, -0.1) is 0 Å². The molecule has 3 aromatic carbocycles. The van der Waals surface area contributed by atoms with Gasteiger partial charge in [0, 0.05) is 11.4 Å². The second kappa shape index (κ2) is 7.19. The van der Waals surface area contributed by atoms with Crippen LogP contribution in [0.5, 0.6) is 23.0 Å². The lowest BCUT2D eigenvalue weighted by Gasteiger charge is -2.09. The maximum Gasteiger partial charge on any atom is 0.211 e. The summed E-state index contributed by atoms with van der Waals surface area (Å²) in [4.78, 5) is 10.4. The smallest absolute Gasteiger partial charge is 0.211 e. The van der Waals surface area contributed by atoms with E-state index in [-0.39, 0.29) is 0 Å². The van der Waals surface area contributed by atoms with Crippen molar-refractivity contribution in [2.24, 2.45) is 0 Å². The Kier molecular flexibility index (Phi) is 4.62. The van der Waals surface area contributed by atoms with Gasteiger partial charge in [-0.3, -0.25) is 4.79 Å². The number of nitrogens with one attached hydrogen (secondary N) is 1. The lowest BCUT2D eigenvalue weighted by Crippen LogP contribution is -1.93. The summed E-state index contributed by atoms with van der Waals surface area (Å²) < 4.78 is 11.5. The minimum Gasteiger partial charge on any atom is -0.457 e. The average molecular weight is 320 g/mol. The molecule has 5 heteroatoms. The summed E-state index contributed by atoms with van der Waals surface area (Å²) in [6.45, 7) is 0. The van der Waals surface area contributed by atoms with Crippen molar-refractivity contribution < 1.29 is 14.3 Å². The van der Waals surface area contributed by atoms with Crippen molar-refractivity contribution in [3.05, 3.63) is 72.8 Å². The van der Waals surface area contributed by atoms with E-state index in [0.29, 0.717) is 35.0 Å². The SMILES string of the molecule is Nc1ccc(Oc2ccc(Oc3ccc(NC=O)cc3)cc2)cc1. The molecule has 0 unspecified atom stereocenters. The Balaban J connectivity index is 1.63. The van der Waals surface area contributed by atoms with Crippen LogP contribution in [0.2, 0.25) is 0 Å². The molecule has 0 aliphatic carbocycles. The normalized spacial score (nSPS) is 10.0. The fraction of sp³-hybridized carbons (Fsp3) is 0. The third-order valence-corrected chi connectivity index (χ3v) is 3.26. The van der Waals surface area contributed by atoms with Gasteiger partial charge < -0.3 is 20.5 Å². The molecule has 0 saturated carbocycles. The first kappa shape index (κ1) is 15.4. The zero-order chi connectivity index (χ0) is 16.8. The Labute approximate surface area is 139 Å². The monoisotopic (exact) mass is 320 g/mol. The van der Waals surface area contributed by atoms with E-state index in [1.807, 2.05) is 36.4 Å². The van der Waals surface area contributed by atoms with Crippen LogP contribution in [-0.2, 0) is 4.79 Å². The molecule has 0 aromatic heterocycles. The number of ether oxygens (including phenoxy) is 2. The van der Waals surface area contributed by atoms with Gasteiger partial charge in [0.2, 0.25) is 6.41 Å². The highest BCUT2D eigenvalue weighted by Crippen LogP contribution is 2.27. The molecule has 0 heterocycles. The third-order valence-electron chi connectivity index (χ3n) is 3.26. The molecule has 0 aliphatic rings. The highest BCUT2D eigenvalue weighted by Gasteiger charge is 2.01. The number of rotatable bonds is 6. The van der Waals surface area contributed by atoms with Crippen molar-refractivity contribution in [1.82, 2.24) is 0 Å². The lowest BCUT2D eigenvalue weighted by molar-refractivity contribution is -0.105. The third kappa shape index (κ3) is 4.04. The molecular weight excluding hydrogens is 304 g/mol. The summed E-state index contributed by atoms with van der Waals surface area (Å²) in [6, 6.07) is 21.6. The molecule has 0 radical (unpaired) electrons. The Morgan fingerprint density at radius 1 is 0.667 bits per heavy atom. The summed E-state index contributed by atoms with van der Waals surface area (Å²) in [5, 5.41) is 2.57. The average Bonchev–Trinajstić information content (AvgIpc) is 2.61. The van der Waals surface area contributed by atoms with Crippen molar-refractivity contribution in [3.8, 4) is 23.0 Å². The molecule has 3 aromatic rings. The van der Waals surface area contributed by atoms with E-state index in [4.69, 9.17) is 15.2 Å². The van der Waals surface area contributed by atoms with Crippen LogP contribution in [-0.4, -0.2) is 6.41 Å². The first-order valence-corrected chi connectivity index (χ1v) is 7.34. The Hall–Kier alpha value is -3.47. The van der Waals surface area contributed by atoms with E-state index in [2.05, 4.69) is 5.32 Å². The largest absolute Gasteiger partial charge is 0.457 e. The fourth-order valence-corrected chi connectivity index (χ4v) is 2.07. The van der Waals surface area contributed by atoms with Crippen molar-refractivity contribution >= 4 is 17.8 Å². The maximum absolute atomic E-state index is 10.4. The summed E-state index contributed by atoms with van der Waals surface area (Å²) in [5.41, 5.74) is 7.05. The number of nitrogens with two attached hydrogens (primary N) is 1. The van der Waals surface area contributed by atoms with E-state index in [1.165, 1.54) is 0 Å². The molecule has 5 nitrogen and oxygen atoms in total. The van der Waals surface area contributed by atoms with Crippen LogP contribution in [0.3, 0.4) is 0 Å². The van der Waals surface area contributed by atoms with Gasteiger partial charge in [-0.25, -0.2) is 0 Å². The zero-order valence-corrected chi connectivity index (χ0v) is 12.8. The van der Waals surface area contributed by atoms with Gasteiger partial charge in [0.15, 0.2) is 0 Å². The molecule has 0 aliphatic heterocycles. The van der Waals surface area contributed by atoms with Gasteiger partial charge >= 0.3 is 0 Å². The molecule has 0 bridgehead atoms. The molecule has 1 amide bonds. The Morgan fingerprint density at radius 2 is 1.04 bits per heavy atom. The first-order valence-electron chi connectivity index (χ1n) is 7.34. The van der Waals surface area contributed by atoms with Crippen LogP contribution in [0.25, 0.3) is 0 Å².